The Morgan fingerprint density at radius 3 is 2.60 bits per heavy atom. The molecular formula is C12H26N2O. The smallest absolute Gasteiger partial charge is 0.0594 e. The SMILES string of the molecule is CCCCCCNCCN1CCOCC1. The summed E-state index contributed by atoms with van der Waals surface area (Å²) in [5.74, 6) is 0. The number of hydrogen-bond acceptors (Lipinski definition) is 3. The lowest BCUT2D eigenvalue weighted by Gasteiger charge is -2.26. The Hall–Kier alpha value is -0.120. The first kappa shape index (κ1) is 12.9. The van der Waals surface area contributed by atoms with Gasteiger partial charge < -0.3 is 10.1 Å². The van der Waals surface area contributed by atoms with E-state index in [-0.39, 0.29) is 0 Å². The number of morpholine rings is 1. The molecule has 0 radical (unpaired) electrons. The van der Waals surface area contributed by atoms with Crippen molar-refractivity contribution in [2.24, 2.45) is 0 Å². The first-order valence-electron chi connectivity index (χ1n) is 6.44. The average Bonchev–Trinajstić information content (AvgIpc) is 2.29. The van der Waals surface area contributed by atoms with Crippen LogP contribution in [0.4, 0.5) is 0 Å². The van der Waals surface area contributed by atoms with E-state index < -0.39 is 0 Å². The Morgan fingerprint density at radius 2 is 1.87 bits per heavy atom. The lowest BCUT2D eigenvalue weighted by Crippen LogP contribution is -2.40. The molecule has 1 heterocycles. The quantitative estimate of drug-likeness (QED) is 0.620. The van der Waals surface area contributed by atoms with Crippen LogP contribution in [0.25, 0.3) is 0 Å². The van der Waals surface area contributed by atoms with Gasteiger partial charge in [0, 0.05) is 26.2 Å². The highest BCUT2D eigenvalue weighted by molar-refractivity contribution is 4.63. The second kappa shape index (κ2) is 9.13. The van der Waals surface area contributed by atoms with E-state index in [1.54, 1.807) is 0 Å². The molecule has 0 aromatic carbocycles. The minimum atomic E-state index is 0.913. The number of rotatable bonds is 8. The van der Waals surface area contributed by atoms with Crippen LogP contribution < -0.4 is 5.32 Å². The van der Waals surface area contributed by atoms with Gasteiger partial charge in [-0.2, -0.15) is 0 Å². The summed E-state index contributed by atoms with van der Waals surface area (Å²) >= 11 is 0. The van der Waals surface area contributed by atoms with E-state index in [2.05, 4.69) is 17.1 Å². The van der Waals surface area contributed by atoms with Crippen molar-refractivity contribution in [3.8, 4) is 0 Å². The molecule has 0 spiro atoms. The number of unbranched alkanes of at least 4 members (excludes halogenated alkanes) is 3. The summed E-state index contributed by atoms with van der Waals surface area (Å²) in [5, 5.41) is 3.51. The van der Waals surface area contributed by atoms with E-state index in [9.17, 15) is 0 Å². The minimum absolute atomic E-state index is 0.913. The number of nitrogens with zero attached hydrogens (tertiary/aromatic N) is 1. The molecule has 0 atom stereocenters. The van der Waals surface area contributed by atoms with Gasteiger partial charge in [0.2, 0.25) is 0 Å². The van der Waals surface area contributed by atoms with Crippen LogP contribution in [-0.4, -0.2) is 50.8 Å². The molecule has 1 fully saturated rings. The van der Waals surface area contributed by atoms with Crippen LogP contribution in [-0.2, 0) is 4.74 Å². The van der Waals surface area contributed by atoms with Crippen LogP contribution in [0, 0.1) is 0 Å². The van der Waals surface area contributed by atoms with Crippen LogP contribution in [0.15, 0.2) is 0 Å². The van der Waals surface area contributed by atoms with Gasteiger partial charge in [0.15, 0.2) is 0 Å². The zero-order chi connectivity index (χ0) is 10.8. The van der Waals surface area contributed by atoms with Crippen molar-refractivity contribution in [1.29, 1.82) is 0 Å². The fourth-order valence-electron chi connectivity index (χ4n) is 1.86. The summed E-state index contributed by atoms with van der Waals surface area (Å²) in [5.41, 5.74) is 0. The Balaban J connectivity index is 1.79. The zero-order valence-corrected chi connectivity index (χ0v) is 10.1. The molecule has 0 aromatic rings. The third-order valence-electron chi connectivity index (χ3n) is 2.92. The summed E-state index contributed by atoms with van der Waals surface area (Å²) < 4.78 is 5.31. The van der Waals surface area contributed by atoms with E-state index in [0.29, 0.717) is 0 Å². The standard InChI is InChI=1S/C12H26N2O/c1-2-3-4-5-6-13-7-8-14-9-11-15-12-10-14/h13H,2-12H2,1H3. The third-order valence-corrected chi connectivity index (χ3v) is 2.92. The number of nitrogens with one attached hydrogen (secondary N) is 1. The van der Waals surface area contributed by atoms with E-state index in [1.165, 1.54) is 38.8 Å². The van der Waals surface area contributed by atoms with E-state index >= 15 is 0 Å². The van der Waals surface area contributed by atoms with Crippen molar-refractivity contribution in [1.82, 2.24) is 10.2 Å². The van der Waals surface area contributed by atoms with Gasteiger partial charge in [-0.25, -0.2) is 0 Å². The van der Waals surface area contributed by atoms with Crippen molar-refractivity contribution in [2.45, 2.75) is 32.6 Å². The van der Waals surface area contributed by atoms with Crippen LogP contribution in [0.2, 0.25) is 0 Å². The maximum Gasteiger partial charge on any atom is 0.0594 e. The molecule has 0 amide bonds. The number of ether oxygens (including phenoxy) is 1. The van der Waals surface area contributed by atoms with Gasteiger partial charge in [-0.3, -0.25) is 4.90 Å². The first-order valence-corrected chi connectivity index (χ1v) is 6.44. The van der Waals surface area contributed by atoms with Crippen molar-refractivity contribution < 1.29 is 4.74 Å². The Labute approximate surface area is 94.2 Å². The Morgan fingerprint density at radius 1 is 1.07 bits per heavy atom. The molecule has 0 aromatic heterocycles. The highest BCUT2D eigenvalue weighted by Crippen LogP contribution is 1.97. The second-order valence-electron chi connectivity index (χ2n) is 4.26. The van der Waals surface area contributed by atoms with E-state index in [4.69, 9.17) is 4.74 Å². The molecule has 0 saturated carbocycles. The molecule has 0 bridgehead atoms. The molecule has 1 saturated heterocycles. The van der Waals surface area contributed by atoms with Gasteiger partial charge >= 0.3 is 0 Å². The summed E-state index contributed by atoms with van der Waals surface area (Å²) in [4.78, 5) is 2.47. The highest BCUT2D eigenvalue weighted by atomic mass is 16.5. The fourth-order valence-corrected chi connectivity index (χ4v) is 1.86. The molecule has 1 aliphatic heterocycles. The molecule has 0 aliphatic carbocycles. The van der Waals surface area contributed by atoms with Crippen LogP contribution in [0.5, 0.6) is 0 Å². The van der Waals surface area contributed by atoms with Crippen molar-refractivity contribution in [3.05, 3.63) is 0 Å². The normalized spacial score (nSPS) is 18.2. The van der Waals surface area contributed by atoms with Gasteiger partial charge in [0.05, 0.1) is 13.2 Å². The molecule has 1 N–H and O–H groups in total. The van der Waals surface area contributed by atoms with Crippen molar-refractivity contribution >= 4 is 0 Å². The maximum absolute atomic E-state index is 5.31. The van der Waals surface area contributed by atoms with Crippen LogP contribution in [0.1, 0.15) is 32.6 Å². The summed E-state index contributed by atoms with van der Waals surface area (Å²) in [6.45, 7) is 9.79. The summed E-state index contributed by atoms with van der Waals surface area (Å²) in [6.07, 6.45) is 5.41. The van der Waals surface area contributed by atoms with Gasteiger partial charge in [0.25, 0.3) is 0 Å². The lowest BCUT2D eigenvalue weighted by atomic mass is 10.2. The zero-order valence-electron chi connectivity index (χ0n) is 10.1. The summed E-state index contributed by atoms with van der Waals surface area (Å²) in [6, 6.07) is 0. The fraction of sp³-hybridized carbons (Fsp3) is 1.00. The largest absolute Gasteiger partial charge is 0.379 e. The first-order chi connectivity index (χ1) is 7.43. The monoisotopic (exact) mass is 214 g/mol. The molecule has 1 rings (SSSR count). The molecule has 90 valence electrons. The maximum atomic E-state index is 5.31. The topological polar surface area (TPSA) is 24.5 Å². The summed E-state index contributed by atoms with van der Waals surface area (Å²) in [7, 11) is 0. The van der Waals surface area contributed by atoms with Gasteiger partial charge in [-0.05, 0) is 13.0 Å². The van der Waals surface area contributed by atoms with Crippen LogP contribution in [0.3, 0.4) is 0 Å². The Bertz CT molecular complexity index is 136. The second-order valence-corrected chi connectivity index (χ2v) is 4.26. The van der Waals surface area contributed by atoms with Crippen molar-refractivity contribution in [3.63, 3.8) is 0 Å². The predicted octanol–water partition coefficient (Wildman–Crippen LogP) is 1.49. The third kappa shape index (κ3) is 6.88. The molecule has 1 aliphatic rings. The van der Waals surface area contributed by atoms with Gasteiger partial charge in [0.1, 0.15) is 0 Å². The molecule has 15 heavy (non-hydrogen) atoms. The lowest BCUT2D eigenvalue weighted by molar-refractivity contribution is 0.0384. The van der Waals surface area contributed by atoms with Crippen LogP contribution >= 0.6 is 0 Å². The molecule has 3 heteroatoms. The minimum Gasteiger partial charge on any atom is -0.379 e. The molecule has 3 nitrogen and oxygen atoms in total. The molecule has 0 unspecified atom stereocenters. The highest BCUT2D eigenvalue weighted by Gasteiger charge is 2.08. The number of hydrogen-bond donors (Lipinski definition) is 1. The van der Waals surface area contributed by atoms with Gasteiger partial charge in [-0.15, -0.1) is 0 Å². The van der Waals surface area contributed by atoms with E-state index in [1.807, 2.05) is 0 Å². The predicted molar refractivity (Wildman–Crippen MR) is 64.3 cm³/mol. The average molecular weight is 214 g/mol. The van der Waals surface area contributed by atoms with Crippen molar-refractivity contribution in [2.75, 3.05) is 45.9 Å². The van der Waals surface area contributed by atoms with Gasteiger partial charge in [-0.1, -0.05) is 26.2 Å². The molecular weight excluding hydrogens is 188 g/mol. The Kier molecular flexibility index (Phi) is 7.88. The van der Waals surface area contributed by atoms with E-state index in [0.717, 1.165) is 32.8 Å².